The molecule has 0 atom stereocenters. The molecular weight excluding hydrogens is 482 g/mol. The number of thiophene rings is 1. The molecule has 0 aliphatic carbocycles. The van der Waals surface area contributed by atoms with Crippen LogP contribution in [0.2, 0.25) is 0 Å². The Morgan fingerprint density at radius 2 is 1.81 bits per heavy atom. The number of nitrogens with one attached hydrogen (secondary N) is 2. The van der Waals surface area contributed by atoms with Crippen LogP contribution in [-0.4, -0.2) is 41.8 Å². The van der Waals surface area contributed by atoms with Gasteiger partial charge in [0.2, 0.25) is 0 Å². The van der Waals surface area contributed by atoms with Gasteiger partial charge in [-0.05, 0) is 59.3 Å². The van der Waals surface area contributed by atoms with Crippen molar-refractivity contribution < 1.29 is 23.9 Å². The molecule has 2 aromatic carbocycles. The van der Waals surface area contributed by atoms with Crippen molar-refractivity contribution in [2.75, 3.05) is 14.2 Å². The number of fused-ring (bicyclic) bond motifs is 1. The molecule has 0 radical (unpaired) electrons. The highest BCUT2D eigenvalue weighted by molar-refractivity contribution is 7.16. The van der Waals surface area contributed by atoms with E-state index < -0.39 is 11.5 Å². The number of hydrogen-bond acceptors (Lipinski definition) is 8. The van der Waals surface area contributed by atoms with Gasteiger partial charge in [-0.25, -0.2) is 9.78 Å². The fourth-order valence-corrected chi connectivity index (χ4v) is 4.57. The number of nitrogens with zero attached hydrogens (tertiary/aromatic N) is 1. The predicted molar refractivity (Wildman–Crippen MR) is 135 cm³/mol. The van der Waals surface area contributed by atoms with Gasteiger partial charge in [0.1, 0.15) is 10.6 Å². The zero-order chi connectivity index (χ0) is 25.7. The molecule has 1 amide bonds. The van der Waals surface area contributed by atoms with Gasteiger partial charge in [-0.1, -0.05) is 12.1 Å². The maximum absolute atomic E-state index is 12.8. The Labute approximate surface area is 210 Å². The van der Waals surface area contributed by atoms with E-state index in [1.807, 2.05) is 24.3 Å². The largest absolute Gasteiger partial charge is 0.497 e. The first-order valence-electron chi connectivity index (χ1n) is 11.0. The molecule has 2 N–H and O–H groups in total. The molecule has 0 unspecified atom stereocenters. The van der Waals surface area contributed by atoms with Crippen LogP contribution >= 0.6 is 11.3 Å². The highest BCUT2D eigenvalue weighted by atomic mass is 32.1. The normalized spacial score (nSPS) is 10.7. The molecule has 10 heteroatoms. The number of benzene rings is 2. The van der Waals surface area contributed by atoms with Gasteiger partial charge in [0, 0.05) is 18.5 Å². The van der Waals surface area contributed by atoms with Crippen LogP contribution in [0.3, 0.4) is 0 Å². The molecule has 0 spiro atoms. The van der Waals surface area contributed by atoms with E-state index in [9.17, 15) is 19.2 Å². The van der Waals surface area contributed by atoms with Crippen LogP contribution in [0.1, 0.15) is 48.9 Å². The standard InChI is InChI=1S/C26H23N3O6S/c1-34-19-5-3-4-15(12-19)6-11-20(30)22-28-24(32)21-18(14-36-25(21)29-22)13-27-23(31)16-7-9-17(10-8-16)26(33)35-2/h3-5,7-10,12,14H,6,11,13H2,1-2H3,(H,27,31)(H,28,29,32). The SMILES string of the molecule is COC(=O)c1ccc(C(=O)NCc2csc3nc(C(=O)CCc4cccc(OC)c4)[nH]c(=O)c23)cc1. The van der Waals surface area contributed by atoms with E-state index in [1.165, 1.54) is 42.7 Å². The second kappa shape index (κ2) is 11.0. The monoisotopic (exact) mass is 505 g/mol. The first-order chi connectivity index (χ1) is 17.4. The highest BCUT2D eigenvalue weighted by Crippen LogP contribution is 2.22. The molecule has 36 heavy (non-hydrogen) atoms. The van der Waals surface area contributed by atoms with E-state index in [0.717, 1.165) is 5.56 Å². The number of amides is 1. The van der Waals surface area contributed by atoms with Crippen molar-refractivity contribution in [3.63, 3.8) is 0 Å². The molecule has 9 nitrogen and oxygen atoms in total. The predicted octanol–water partition coefficient (Wildman–Crippen LogP) is 3.53. The second-order valence-corrected chi connectivity index (χ2v) is 8.74. The summed E-state index contributed by atoms with van der Waals surface area (Å²) in [4.78, 5) is 56.9. The zero-order valence-corrected chi connectivity index (χ0v) is 20.4. The maximum atomic E-state index is 12.8. The topological polar surface area (TPSA) is 127 Å². The van der Waals surface area contributed by atoms with Gasteiger partial charge in [0.05, 0.1) is 25.2 Å². The highest BCUT2D eigenvalue weighted by Gasteiger charge is 2.17. The van der Waals surface area contributed by atoms with Crippen molar-refractivity contribution >= 4 is 39.2 Å². The van der Waals surface area contributed by atoms with E-state index >= 15 is 0 Å². The van der Waals surface area contributed by atoms with Crippen LogP contribution in [0.15, 0.2) is 58.7 Å². The van der Waals surface area contributed by atoms with Crippen LogP contribution < -0.4 is 15.6 Å². The van der Waals surface area contributed by atoms with Gasteiger partial charge in [-0.2, -0.15) is 0 Å². The fraction of sp³-hybridized carbons (Fsp3) is 0.192. The quantitative estimate of drug-likeness (QED) is 0.263. The summed E-state index contributed by atoms with van der Waals surface area (Å²) in [5.74, 6) is -0.394. The number of hydrogen-bond donors (Lipinski definition) is 2. The van der Waals surface area contributed by atoms with E-state index in [-0.39, 0.29) is 30.5 Å². The van der Waals surface area contributed by atoms with E-state index in [1.54, 1.807) is 12.5 Å². The number of ether oxygens (including phenoxy) is 2. The molecule has 0 saturated carbocycles. The molecule has 0 fully saturated rings. The number of aryl methyl sites for hydroxylation is 1. The smallest absolute Gasteiger partial charge is 0.337 e. The molecule has 4 rings (SSSR count). The number of rotatable bonds is 9. The van der Waals surface area contributed by atoms with Gasteiger partial charge in [0.25, 0.3) is 11.5 Å². The molecule has 4 aromatic rings. The van der Waals surface area contributed by atoms with Crippen molar-refractivity contribution in [1.29, 1.82) is 0 Å². The lowest BCUT2D eigenvalue weighted by molar-refractivity contribution is 0.0600. The Balaban J connectivity index is 1.43. The number of methoxy groups -OCH3 is 2. The second-order valence-electron chi connectivity index (χ2n) is 7.88. The molecule has 184 valence electrons. The van der Waals surface area contributed by atoms with Crippen molar-refractivity contribution in [2.45, 2.75) is 19.4 Å². The lowest BCUT2D eigenvalue weighted by Gasteiger charge is -2.06. The lowest BCUT2D eigenvalue weighted by atomic mass is 10.1. The first-order valence-corrected chi connectivity index (χ1v) is 11.9. The number of aromatic amines is 1. The number of aromatic nitrogens is 2. The molecule has 0 aliphatic rings. The summed E-state index contributed by atoms with van der Waals surface area (Å²) in [6.45, 7) is 0.103. The fourth-order valence-electron chi connectivity index (χ4n) is 3.63. The number of H-pyrrole nitrogens is 1. The lowest BCUT2D eigenvalue weighted by Crippen LogP contribution is -2.24. The Hall–Kier alpha value is -4.31. The number of ketones is 1. The van der Waals surface area contributed by atoms with E-state index in [4.69, 9.17) is 4.74 Å². The third-order valence-corrected chi connectivity index (χ3v) is 6.49. The van der Waals surface area contributed by atoms with Gasteiger partial charge in [-0.3, -0.25) is 14.4 Å². The molecule has 2 aromatic heterocycles. The summed E-state index contributed by atoms with van der Waals surface area (Å²) in [5, 5.41) is 4.84. The molecule has 0 bridgehead atoms. The van der Waals surface area contributed by atoms with Crippen LogP contribution in [0.5, 0.6) is 5.75 Å². The summed E-state index contributed by atoms with van der Waals surface area (Å²) < 4.78 is 9.85. The van der Waals surface area contributed by atoms with Crippen molar-refractivity contribution in [2.24, 2.45) is 0 Å². The van der Waals surface area contributed by atoms with Gasteiger partial charge < -0.3 is 19.8 Å². The number of Topliss-reactive ketones (excluding diaryl/α,β-unsaturated/α-hetero) is 1. The van der Waals surface area contributed by atoms with Crippen LogP contribution in [0, 0.1) is 0 Å². The Kier molecular flexibility index (Phi) is 7.55. The summed E-state index contributed by atoms with van der Waals surface area (Å²) in [5.41, 5.74) is 1.80. The van der Waals surface area contributed by atoms with Crippen molar-refractivity contribution in [3.8, 4) is 5.75 Å². The summed E-state index contributed by atoms with van der Waals surface area (Å²) in [6.07, 6.45) is 0.671. The van der Waals surface area contributed by atoms with Gasteiger partial charge >= 0.3 is 5.97 Å². The minimum Gasteiger partial charge on any atom is -0.497 e. The maximum Gasteiger partial charge on any atom is 0.337 e. The average molecular weight is 506 g/mol. The Morgan fingerprint density at radius 3 is 2.53 bits per heavy atom. The van der Waals surface area contributed by atoms with E-state index in [2.05, 4.69) is 20.0 Å². The Bertz CT molecular complexity index is 1490. The summed E-state index contributed by atoms with van der Waals surface area (Å²) in [6, 6.07) is 13.5. The third-order valence-electron chi connectivity index (χ3n) is 5.57. The summed E-state index contributed by atoms with van der Waals surface area (Å²) >= 11 is 1.23. The molecule has 0 aliphatic heterocycles. The third kappa shape index (κ3) is 5.49. The van der Waals surface area contributed by atoms with Crippen molar-refractivity contribution in [3.05, 3.63) is 92.3 Å². The number of carbonyl (C=O) groups is 3. The first kappa shape index (κ1) is 24.8. The number of carbonyl (C=O) groups excluding carboxylic acids is 3. The minimum atomic E-state index is -0.489. The van der Waals surface area contributed by atoms with Crippen LogP contribution in [0.25, 0.3) is 10.2 Å². The minimum absolute atomic E-state index is 0.0125. The van der Waals surface area contributed by atoms with Gasteiger partial charge in [-0.15, -0.1) is 11.3 Å². The van der Waals surface area contributed by atoms with Crippen molar-refractivity contribution in [1.82, 2.24) is 15.3 Å². The van der Waals surface area contributed by atoms with Gasteiger partial charge in [0.15, 0.2) is 11.6 Å². The van der Waals surface area contributed by atoms with E-state index in [0.29, 0.717) is 39.1 Å². The zero-order valence-electron chi connectivity index (χ0n) is 19.6. The molecule has 0 saturated heterocycles. The Morgan fingerprint density at radius 1 is 1.06 bits per heavy atom. The van der Waals surface area contributed by atoms with Crippen LogP contribution in [0.4, 0.5) is 0 Å². The number of esters is 1. The molecule has 2 heterocycles. The summed E-state index contributed by atoms with van der Waals surface area (Å²) in [7, 11) is 2.87. The average Bonchev–Trinajstić information content (AvgIpc) is 3.33. The van der Waals surface area contributed by atoms with Crippen LogP contribution in [-0.2, 0) is 17.7 Å². The molecular formula is C26H23N3O6S.